The Morgan fingerprint density at radius 2 is 1.64 bits per heavy atom. The van der Waals surface area contributed by atoms with E-state index < -0.39 is 0 Å². The first-order chi connectivity index (χ1) is 13.5. The second-order valence-corrected chi connectivity index (χ2v) is 6.18. The standard InChI is InChI=1S/C22H28N2O4/c1-4-24(5-2)22(26)16-28-20-9-7-8-18(15-20)23-21(25)14-17-10-12-19(13-11-17)27-6-3/h7-13,15H,4-6,14,16H2,1-3H3,(H,23,25). The summed E-state index contributed by atoms with van der Waals surface area (Å²) in [6.45, 7) is 7.69. The van der Waals surface area contributed by atoms with E-state index in [9.17, 15) is 9.59 Å². The number of benzene rings is 2. The van der Waals surface area contributed by atoms with E-state index in [1.165, 1.54) is 0 Å². The van der Waals surface area contributed by atoms with Crippen molar-refractivity contribution < 1.29 is 19.1 Å². The van der Waals surface area contributed by atoms with Crippen LogP contribution in [0.4, 0.5) is 5.69 Å². The number of carbonyl (C=O) groups excluding carboxylic acids is 2. The first kappa shape index (κ1) is 21.3. The highest BCUT2D eigenvalue weighted by Crippen LogP contribution is 2.18. The van der Waals surface area contributed by atoms with E-state index >= 15 is 0 Å². The van der Waals surface area contributed by atoms with E-state index in [0.29, 0.717) is 31.1 Å². The van der Waals surface area contributed by atoms with Crippen molar-refractivity contribution in [3.8, 4) is 11.5 Å². The van der Waals surface area contributed by atoms with Gasteiger partial charge in [0, 0.05) is 24.8 Å². The fourth-order valence-corrected chi connectivity index (χ4v) is 2.74. The summed E-state index contributed by atoms with van der Waals surface area (Å²) < 4.78 is 11.0. The molecule has 0 aliphatic heterocycles. The molecule has 0 bridgehead atoms. The molecular formula is C22H28N2O4. The van der Waals surface area contributed by atoms with Crippen molar-refractivity contribution in [2.24, 2.45) is 0 Å². The average Bonchev–Trinajstić information content (AvgIpc) is 2.69. The molecule has 0 aliphatic rings. The van der Waals surface area contributed by atoms with Crippen molar-refractivity contribution in [1.29, 1.82) is 0 Å². The predicted octanol–water partition coefficient (Wildman–Crippen LogP) is 3.51. The van der Waals surface area contributed by atoms with Crippen LogP contribution in [0.2, 0.25) is 0 Å². The Bertz CT molecular complexity index is 770. The zero-order valence-corrected chi connectivity index (χ0v) is 16.7. The summed E-state index contributed by atoms with van der Waals surface area (Å²) in [4.78, 5) is 26.0. The smallest absolute Gasteiger partial charge is 0.260 e. The highest BCUT2D eigenvalue weighted by Gasteiger charge is 2.11. The molecule has 6 heteroatoms. The molecule has 0 fully saturated rings. The number of amides is 2. The van der Waals surface area contributed by atoms with E-state index in [-0.39, 0.29) is 24.8 Å². The maximum atomic E-state index is 12.3. The number of nitrogens with one attached hydrogen (secondary N) is 1. The number of likely N-dealkylation sites (N-methyl/N-ethyl adjacent to an activating group) is 1. The van der Waals surface area contributed by atoms with Crippen LogP contribution in [0, 0.1) is 0 Å². The van der Waals surface area contributed by atoms with Gasteiger partial charge in [-0.3, -0.25) is 9.59 Å². The van der Waals surface area contributed by atoms with Gasteiger partial charge in [-0.1, -0.05) is 18.2 Å². The van der Waals surface area contributed by atoms with Crippen LogP contribution in [0.3, 0.4) is 0 Å². The number of ether oxygens (including phenoxy) is 2. The van der Waals surface area contributed by atoms with Gasteiger partial charge in [-0.2, -0.15) is 0 Å². The lowest BCUT2D eigenvalue weighted by Gasteiger charge is -2.18. The molecule has 0 aromatic heterocycles. The van der Waals surface area contributed by atoms with Crippen molar-refractivity contribution in [3.05, 3.63) is 54.1 Å². The number of anilines is 1. The van der Waals surface area contributed by atoms with Crippen LogP contribution in [-0.4, -0.2) is 43.0 Å². The fourth-order valence-electron chi connectivity index (χ4n) is 2.74. The molecule has 6 nitrogen and oxygen atoms in total. The fraction of sp³-hybridized carbons (Fsp3) is 0.364. The zero-order chi connectivity index (χ0) is 20.4. The Morgan fingerprint density at radius 1 is 0.929 bits per heavy atom. The summed E-state index contributed by atoms with van der Waals surface area (Å²) in [5.74, 6) is 1.14. The van der Waals surface area contributed by atoms with Crippen LogP contribution < -0.4 is 14.8 Å². The highest BCUT2D eigenvalue weighted by atomic mass is 16.5. The molecule has 0 saturated heterocycles. The quantitative estimate of drug-likeness (QED) is 0.681. The third kappa shape index (κ3) is 6.61. The summed E-state index contributed by atoms with van der Waals surface area (Å²) in [5.41, 5.74) is 1.53. The monoisotopic (exact) mass is 384 g/mol. The molecule has 0 aliphatic carbocycles. The second-order valence-electron chi connectivity index (χ2n) is 6.18. The molecule has 150 valence electrons. The average molecular weight is 384 g/mol. The Hall–Kier alpha value is -3.02. The SMILES string of the molecule is CCOc1ccc(CC(=O)Nc2cccc(OCC(=O)N(CC)CC)c2)cc1. The lowest BCUT2D eigenvalue weighted by atomic mass is 10.1. The van der Waals surface area contributed by atoms with Gasteiger partial charge in [0.1, 0.15) is 11.5 Å². The van der Waals surface area contributed by atoms with Gasteiger partial charge in [0.25, 0.3) is 5.91 Å². The van der Waals surface area contributed by atoms with Crippen molar-refractivity contribution >= 4 is 17.5 Å². The zero-order valence-electron chi connectivity index (χ0n) is 16.7. The highest BCUT2D eigenvalue weighted by molar-refractivity contribution is 5.92. The largest absolute Gasteiger partial charge is 0.494 e. The normalized spacial score (nSPS) is 10.2. The molecule has 0 heterocycles. The van der Waals surface area contributed by atoms with E-state index in [2.05, 4.69) is 5.32 Å². The van der Waals surface area contributed by atoms with E-state index in [1.807, 2.05) is 45.0 Å². The number of hydrogen-bond acceptors (Lipinski definition) is 4. The third-order valence-corrected chi connectivity index (χ3v) is 4.20. The molecule has 0 unspecified atom stereocenters. The molecule has 0 radical (unpaired) electrons. The number of hydrogen-bond donors (Lipinski definition) is 1. The summed E-state index contributed by atoms with van der Waals surface area (Å²) in [6.07, 6.45) is 0.262. The van der Waals surface area contributed by atoms with Crippen molar-refractivity contribution in [1.82, 2.24) is 4.90 Å². The topological polar surface area (TPSA) is 67.9 Å². The van der Waals surface area contributed by atoms with Gasteiger partial charge in [0.15, 0.2) is 6.61 Å². The number of rotatable bonds is 10. The van der Waals surface area contributed by atoms with Gasteiger partial charge in [-0.25, -0.2) is 0 Å². The van der Waals surface area contributed by atoms with Crippen LogP contribution in [-0.2, 0) is 16.0 Å². The summed E-state index contributed by atoms with van der Waals surface area (Å²) >= 11 is 0. The first-order valence-electron chi connectivity index (χ1n) is 9.57. The lowest BCUT2D eigenvalue weighted by molar-refractivity contribution is -0.133. The summed E-state index contributed by atoms with van der Waals surface area (Å²) in [5, 5.41) is 2.86. The van der Waals surface area contributed by atoms with Gasteiger partial charge in [0.2, 0.25) is 5.91 Å². The van der Waals surface area contributed by atoms with Gasteiger partial charge >= 0.3 is 0 Å². The van der Waals surface area contributed by atoms with Gasteiger partial charge in [-0.15, -0.1) is 0 Å². The van der Waals surface area contributed by atoms with Crippen molar-refractivity contribution in [3.63, 3.8) is 0 Å². The van der Waals surface area contributed by atoms with Crippen molar-refractivity contribution in [2.45, 2.75) is 27.2 Å². The minimum absolute atomic E-state index is 0.0226. The van der Waals surface area contributed by atoms with E-state index in [0.717, 1.165) is 11.3 Å². The second kappa shape index (κ2) is 11.0. The van der Waals surface area contributed by atoms with E-state index in [4.69, 9.17) is 9.47 Å². The lowest BCUT2D eigenvalue weighted by Crippen LogP contribution is -2.34. The van der Waals surface area contributed by atoms with Crippen LogP contribution in [0.5, 0.6) is 11.5 Å². The molecule has 0 spiro atoms. The molecule has 2 amide bonds. The molecule has 28 heavy (non-hydrogen) atoms. The Labute approximate surface area is 166 Å². The number of carbonyl (C=O) groups is 2. The summed E-state index contributed by atoms with van der Waals surface area (Å²) in [7, 11) is 0. The molecule has 0 atom stereocenters. The Balaban J connectivity index is 1.89. The minimum Gasteiger partial charge on any atom is -0.494 e. The van der Waals surface area contributed by atoms with Crippen molar-refractivity contribution in [2.75, 3.05) is 31.6 Å². The molecule has 2 aromatic rings. The summed E-state index contributed by atoms with van der Waals surface area (Å²) in [6, 6.07) is 14.5. The minimum atomic E-state index is -0.125. The molecule has 1 N–H and O–H groups in total. The van der Waals surface area contributed by atoms with Crippen LogP contribution in [0.15, 0.2) is 48.5 Å². The third-order valence-electron chi connectivity index (χ3n) is 4.20. The maximum Gasteiger partial charge on any atom is 0.260 e. The number of nitrogens with zero attached hydrogens (tertiary/aromatic N) is 1. The first-order valence-corrected chi connectivity index (χ1v) is 9.57. The molecule has 2 aromatic carbocycles. The Morgan fingerprint density at radius 3 is 2.29 bits per heavy atom. The van der Waals surface area contributed by atoms with Crippen LogP contribution in [0.25, 0.3) is 0 Å². The van der Waals surface area contributed by atoms with Gasteiger partial charge in [-0.05, 0) is 50.6 Å². The predicted molar refractivity (Wildman–Crippen MR) is 110 cm³/mol. The molecule has 0 saturated carbocycles. The van der Waals surface area contributed by atoms with E-state index in [1.54, 1.807) is 29.2 Å². The maximum absolute atomic E-state index is 12.3. The van der Waals surface area contributed by atoms with Crippen LogP contribution in [0.1, 0.15) is 26.3 Å². The van der Waals surface area contributed by atoms with Crippen LogP contribution >= 0.6 is 0 Å². The van der Waals surface area contributed by atoms with Gasteiger partial charge in [0.05, 0.1) is 13.0 Å². The Kier molecular flexibility index (Phi) is 8.34. The molecular weight excluding hydrogens is 356 g/mol. The van der Waals surface area contributed by atoms with Gasteiger partial charge < -0.3 is 19.7 Å². The molecule has 2 rings (SSSR count).